The van der Waals surface area contributed by atoms with Gasteiger partial charge in [0.2, 0.25) is 5.91 Å². The fourth-order valence-corrected chi connectivity index (χ4v) is 3.56. The zero-order chi connectivity index (χ0) is 21.3. The van der Waals surface area contributed by atoms with E-state index in [-0.39, 0.29) is 24.2 Å². The van der Waals surface area contributed by atoms with Crippen molar-refractivity contribution in [2.75, 3.05) is 19.0 Å². The van der Waals surface area contributed by atoms with Crippen molar-refractivity contribution >= 4 is 17.5 Å². The van der Waals surface area contributed by atoms with E-state index in [2.05, 4.69) is 10.7 Å². The minimum absolute atomic E-state index is 0.0651. The molecule has 2 amide bonds. The van der Waals surface area contributed by atoms with E-state index in [4.69, 9.17) is 4.74 Å². The van der Waals surface area contributed by atoms with E-state index < -0.39 is 23.6 Å². The third-order valence-electron chi connectivity index (χ3n) is 5.11. The fourth-order valence-electron chi connectivity index (χ4n) is 3.56. The molecule has 30 heavy (non-hydrogen) atoms. The average molecular weight is 414 g/mol. The van der Waals surface area contributed by atoms with Crippen LogP contribution in [0.2, 0.25) is 0 Å². The van der Waals surface area contributed by atoms with Crippen LogP contribution in [0.1, 0.15) is 18.0 Å². The maximum Gasteiger partial charge on any atom is 0.251 e. The van der Waals surface area contributed by atoms with Crippen molar-refractivity contribution < 1.29 is 23.1 Å². The Morgan fingerprint density at radius 1 is 1.20 bits per heavy atom. The van der Waals surface area contributed by atoms with E-state index in [1.807, 2.05) is 24.3 Å². The van der Waals surface area contributed by atoms with Crippen molar-refractivity contribution in [2.24, 2.45) is 0 Å². The molecular formula is C21H20F2N4O3. The number of rotatable bonds is 5. The zero-order valence-corrected chi connectivity index (χ0v) is 16.1. The number of benzene rings is 2. The van der Waals surface area contributed by atoms with E-state index in [1.54, 1.807) is 18.3 Å². The first-order chi connectivity index (χ1) is 14.4. The second-order valence-electron chi connectivity index (χ2n) is 7.05. The number of amides is 2. The third kappa shape index (κ3) is 3.97. The standard InChI is InChI=1S/C21H20F2N4O3/c1-30-15-5-2-13(3-6-15)17-11-19-21(29)26(8-9-27(19)25-17)12-20(28)24-18-10-14(22)4-7-16(18)23/h2-10,17,19,25H,11-12H2,1H3,(H,24,28). The van der Waals surface area contributed by atoms with E-state index in [1.165, 1.54) is 11.1 Å². The summed E-state index contributed by atoms with van der Waals surface area (Å²) in [6, 6.07) is 9.82. The molecule has 0 spiro atoms. The van der Waals surface area contributed by atoms with Crippen molar-refractivity contribution in [3.8, 4) is 5.75 Å². The van der Waals surface area contributed by atoms with Crippen LogP contribution >= 0.6 is 0 Å². The van der Waals surface area contributed by atoms with Crippen LogP contribution in [0, 0.1) is 11.6 Å². The van der Waals surface area contributed by atoms with Crippen LogP contribution in [0.4, 0.5) is 14.5 Å². The molecule has 0 aromatic heterocycles. The van der Waals surface area contributed by atoms with Gasteiger partial charge in [-0.1, -0.05) is 12.1 Å². The molecule has 156 valence electrons. The molecule has 2 aromatic carbocycles. The SMILES string of the molecule is COc1ccc(C2CC3C(=O)N(CC(=O)Nc4cc(F)ccc4F)C=CN3N2)cc1. The van der Waals surface area contributed by atoms with E-state index in [0.717, 1.165) is 29.5 Å². The van der Waals surface area contributed by atoms with Crippen molar-refractivity contribution in [3.63, 3.8) is 0 Å². The predicted molar refractivity (Wildman–Crippen MR) is 105 cm³/mol. The molecule has 1 saturated heterocycles. The van der Waals surface area contributed by atoms with Crippen LogP contribution in [0.25, 0.3) is 0 Å². The molecule has 0 saturated carbocycles. The summed E-state index contributed by atoms with van der Waals surface area (Å²) in [5.41, 5.74) is 4.02. The number of nitrogens with one attached hydrogen (secondary N) is 2. The molecule has 0 aliphatic carbocycles. The highest BCUT2D eigenvalue weighted by Gasteiger charge is 2.40. The number of carbonyl (C=O) groups is 2. The lowest BCUT2D eigenvalue weighted by atomic mass is 10.0. The van der Waals surface area contributed by atoms with Crippen LogP contribution in [-0.2, 0) is 9.59 Å². The Balaban J connectivity index is 1.40. The molecule has 2 aliphatic heterocycles. The van der Waals surface area contributed by atoms with Gasteiger partial charge in [0.05, 0.1) is 18.8 Å². The van der Waals surface area contributed by atoms with Gasteiger partial charge in [-0.05, 0) is 36.2 Å². The first-order valence-electron chi connectivity index (χ1n) is 9.37. The number of fused-ring (bicyclic) bond motifs is 1. The second kappa shape index (κ2) is 8.11. The lowest BCUT2D eigenvalue weighted by Gasteiger charge is -2.31. The number of anilines is 1. The first kappa shape index (κ1) is 19.8. The Labute approximate surface area is 171 Å². The third-order valence-corrected chi connectivity index (χ3v) is 5.11. The first-order valence-corrected chi connectivity index (χ1v) is 9.37. The van der Waals surface area contributed by atoms with E-state index >= 15 is 0 Å². The maximum absolute atomic E-state index is 13.7. The molecule has 2 unspecified atom stereocenters. The minimum Gasteiger partial charge on any atom is -0.497 e. The van der Waals surface area contributed by atoms with Gasteiger partial charge in [-0.15, -0.1) is 0 Å². The smallest absolute Gasteiger partial charge is 0.251 e. The van der Waals surface area contributed by atoms with E-state index in [0.29, 0.717) is 6.42 Å². The second-order valence-corrected chi connectivity index (χ2v) is 7.05. The molecule has 2 atom stereocenters. The Morgan fingerprint density at radius 2 is 1.97 bits per heavy atom. The van der Waals surface area contributed by atoms with Gasteiger partial charge < -0.3 is 20.0 Å². The van der Waals surface area contributed by atoms with Crippen LogP contribution in [0.15, 0.2) is 54.9 Å². The molecule has 9 heteroatoms. The number of nitrogens with zero attached hydrogens (tertiary/aromatic N) is 2. The topological polar surface area (TPSA) is 73.9 Å². The molecule has 2 heterocycles. The van der Waals surface area contributed by atoms with Gasteiger partial charge in [0.1, 0.15) is 30.0 Å². The van der Waals surface area contributed by atoms with E-state index in [9.17, 15) is 18.4 Å². The monoisotopic (exact) mass is 414 g/mol. The highest BCUT2D eigenvalue weighted by molar-refractivity contribution is 5.96. The largest absolute Gasteiger partial charge is 0.497 e. The Bertz CT molecular complexity index is 996. The van der Waals surface area contributed by atoms with Crippen molar-refractivity contribution in [3.05, 3.63) is 72.1 Å². The molecule has 2 aromatic rings. The normalized spacial score (nSPS) is 20.3. The summed E-state index contributed by atoms with van der Waals surface area (Å²) >= 11 is 0. The molecule has 0 bridgehead atoms. The van der Waals surface area contributed by atoms with Gasteiger partial charge in [0, 0.05) is 18.5 Å². The van der Waals surface area contributed by atoms with Crippen LogP contribution in [0.5, 0.6) is 5.75 Å². The number of hydrogen-bond acceptors (Lipinski definition) is 5. The zero-order valence-electron chi connectivity index (χ0n) is 16.1. The average Bonchev–Trinajstić information content (AvgIpc) is 3.18. The minimum atomic E-state index is -0.751. The molecule has 7 nitrogen and oxygen atoms in total. The highest BCUT2D eigenvalue weighted by atomic mass is 19.1. The number of hydrogen-bond donors (Lipinski definition) is 2. The van der Waals surface area contributed by atoms with Gasteiger partial charge in [-0.3, -0.25) is 9.59 Å². The van der Waals surface area contributed by atoms with Gasteiger partial charge >= 0.3 is 0 Å². The highest BCUT2D eigenvalue weighted by Crippen LogP contribution is 2.31. The Kier molecular flexibility index (Phi) is 5.37. The van der Waals surface area contributed by atoms with Crippen molar-refractivity contribution in [2.45, 2.75) is 18.5 Å². The van der Waals surface area contributed by atoms with Crippen molar-refractivity contribution in [1.82, 2.24) is 15.3 Å². The lowest BCUT2D eigenvalue weighted by molar-refractivity contribution is -0.137. The van der Waals surface area contributed by atoms with Gasteiger partial charge in [-0.25, -0.2) is 14.2 Å². The molecule has 4 rings (SSSR count). The number of ether oxygens (including phenoxy) is 1. The molecule has 0 radical (unpaired) electrons. The number of halogens is 2. The number of carbonyl (C=O) groups excluding carboxylic acids is 2. The summed E-state index contributed by atoms with van der Waals surface area (Å²) < 4.78 is 32.2. The van der Waals surface area contributed by atoms with Crippen LogP contribution < -0.4 is 15.5 Å². The molecule has 2 aliphatic rings. The lowest BCUT2D eigenvalue weighted by Crippen LogP contribution is -2.49. The van der Waals surface area contributed by atoms with Gasteiger partial charge in [0.15, 0.2) is 0 Å². The summed E-state index contributed by atoms with van der Waals surface area (Å²) in [4.78, 5) is 26.4. The Morgan fingerprint density at radius 3 is 2.70 bits per heavy atom. The molecule has 2 N–H and O–H groups in total. The summed E-state index contributed by atoms with van der Waals surface area (Å²) in [6.07, 6.45) is 3.70. The van der Waals surface area contributed by atoms with Gasteiger partial charge in [-0.2, -0.15) is 0 Å². The summed E-state index contributed by atoms with van der Waals surface area (Å²) in [5, 5.41) is 4.02. The summed E-state index contributed by atoms with van der Waals surface area (Å²) in [7, 11) is 1.60. The molecular weight excluding hydrogens is 394 g/mol. The number of methoxy groups -OCH3 is 1. The van der Waals surface area contributed by atoms with Crippen molar-refractivity contribution in [1.29, 1.82) is 0 Å². The Hall–Kier alpha value is -3.46. The maximum atomic E-state index is 13.7. The quantitative estimate of drug-likeness (QED) is 0.787. The van der Waals surface area contributed by atoms with Crippen LogP contribution in [0.3, 0.4) is 0 Å². The molecule has 1 fully saturated rings. The predicted octanol–water partition coefficient (Wildman–Crippen LogP) is 2.55. The fraction of sp³-hybridized carbons (Fsp3) is 0.238. The van der Waals surface area contributed by atoms with Gasteiger partial charge in [0.25, 0.3) is 5.91 Å². The summed E-state index contributed by atoms with van der Waals surface area (Å²) in [6.45, 7) is -0.303. The van der Waals surface area contributed by atoms with Crippen LogP contribution in [-0.4, -0.2) is 41.4 Å². The number of hydrazine groups is 1. The summed E-state index contributed by atoms with van der Waals surface area (Å²) in [5.74, 6) is -1.55.